The van der Waals surface area contributed by atoms with E-state index in [9.17, 15) is 16.8 Å². The van der Waals surface area contributed by atoms with Crippen molar-refractivity contribution in [3.05, 3.63) is 24.3 Å². The van der Waals surface area contributed by atoms with E-state index in [4.69, 9.17) is 20.2 Å². The van der Waals surface area contributed by atoms with Crippen LogP contribution < -0.4 is 4.72 Å². The molecule has 1 aromatic rings. The van der Waals surface area contributed by atoms with Gasteiger partial charge in [-0.15, -0.1) is 0 Å². The van der Waals surface area contributed by atoms with Crippen molar-refractivity contribution in [3.63, 3.8) is 0 Å². The lowest BCUT2D eigenvalue weighted by atomic mass is 10.4. The third kappa shape index (κ3) is 5.53. The van der Waals surface area contributed by atoms with Gasteiger partial charge in [-0.2, -0.15) is 0 Å². The maximum atomic E-state index is 12.0. The van der Waals surface area contributed by atoms with Crippen LogP contribution in [0.15, 0.2) is 34.1 Å². The first-order valence-corrected chi connectivity index (χ1v) is 9.56. The minimum absolute atomic E-state index is 0.0300. The van der Waals surface area contributed by atoms with Gasteiger partial charge >= 0.3 is 0 Å². The second-order valence-electron chi connectivity index (χ2n) is 4.07. The van der Waals surface area contributed by atoms with E-state index in [2.05, 4.69) is 4.72 Å². The zero-order chi connectivity index (χ0) is 16.1. The standard InChI is InChI=1S/C11H16ClNO6S2/c1-18-8-9(19-2)7-13-21(16,17)11-5-3-10(4-6-11)20(12,14)15/h3-6,9,13H,7-8H2,1-2H3. The van der Waals surface area contributed by atoms with Gasteiger partial charge in [0, 0.05) is 31.4 Å². The lowest BCUT2D eigenvalue weighted by Gasteiger charge is -2.15. The zero-order valence-corrected chi connectivity index (χ0v) is 13.8. The Bertz CT molecular complexity index is 656. The molecule has 0 heterocycles. The maximum absolute atomic E-state index is 12.0. The second-order valence-corrected chi connectivity index (χ2v) is 8.41. The normalized spacial score (nSPS) is 14.0. The summed E-state index contributed by atoms with van der Waals surface area (Å²) >= 11 is 0. The number of rotatable bonds is 8. The molecule has 10 heteroatoms. The second kappa shape index (κ2) is 7.52. The molecule has 1 atom stereocenters. The van der Waals surface area contributed by atoms with Gasteiger partial charge in [0.25, 0.3) is 9.05 Å². The fraction of sp³-hybridized carbons (Fsp3) is 0.455. The van der Waals surface area contributed by atoms with Crippen LogP contribution in [0.25, 0.3) is 0 Å². The van der Waals surface area contributed by atoms with E-state index < -0.39 is 25.2 Å². The van der Waals surface area contributed by atoms with E-state index in [1.54, 1.807) is 0 Å². The first-order valence-electron chi connectivity index (χ1n) is 5.77. The summed E-state index contributed by atoms with van der Waals surface area (Å²) in [4.78, 5) is -0.240. The molecule has 0 fully saturated rings. The Hall–Kier alpha value is -0.710. The van der Waals surface area contributed by atoms with Crippen molar-refractivity contribution in [2.45, 2.75) is 15.9 Å². The molecule has 0 saturated carbocycles. The van der Waals surface area contributed by atoms with Crippen molar-refractivity contribution < 1.29 is 26.3 Å². The van der Waals surface area contributed by atoms with Gasteiger partial charge in [0.1, 0.15) is 0 Å². The van der Waals surface area contributed by atoms with E-state index >= 15 is 0 Å². The number of benzene rings is 1. The van der Waals surface area contributed by atoms with Crippen LogP contribution in [-0.2, 0) is 28.5 Å². The third-order valence-corrected chi connectivity index (χ3v) is 5.41. The summed E-state index contributed by atoms with van der Waals surface area (Å²) in [6.07, 6.45) is -0.424. The Balaban J connectivity index is 2.84. The fourth-order valence-corrected chi connectivity index (χ4v) is 3.30. The monoisotopic (exact) mass is 357 g/mol. The van der Waals surface area contributed by atoms with E-state index in [-0.39, 0.29) is 22.9 Å². The molecule has 0 bridgehead atoms. The number of hydrogen-bond acceptors (Lipinski definition) is 6. The number of hydrogen-bond donors (Lipinski definition) is 1. The van der Waals surface area contributed by atoms with Crippen molar-refractivity contribution in [2.75, 3.05) is 27.4 Å². The summed E-state index contributed by atoms with van der Waals surface area (Å²) in [6.45, 7) is 0.269. The Morgan fingerprint density at radius 1 is 1.10 bits per heavy atom. The molecule has 0 aliphatic heterocycles. The SMILES string of the molecule is COCC(CNS(=O)(=O)c1ccc(S(=O)(=O)Cl)cc1)OC. The highest BCUT2D eigenvalue weighted by Crippen LogP contribution is 2.17. The third-order valence-electron chi connectivity index (χ3n) is 2.60. The van der Waals surface area contributed by atoms with Crippen molar-refractivity contribution in [1.29, 1.82) is 0 Å². The van der Waals surface area contributed by atoms with E-state index in [1.807, 2.05) is 0 Å². The van der Waals surface area contributed by atoms with Crippen LogP contribution in [0.2, 0.25) is 0 Å². The molecule has 1 aromatic carbocycles. The predicted molar refractivity (Wildman–Crippen MR) is 77.3 cm³/mol. The first kappa shape index (κ1) is 18.3. The smallest absolute Gasteiger partial charge is 0.261 e. The molecule has 0 aliphatic carbocycles. The highest BCUT2D eigenvalue weighted by Gasteiger charge is 2.18. The Morgan fingerprint density at radius 2 is 1.62 bits per heavy atom. The number of methoxy groups -OCH3 is 2. The Kier molecular flexibility index (Phi) is 6.57. The van der Waals surface area contributed by atoms with Crippen LogP contribution in [0, 0.1) is 0 Å². The van der Waals surface area contributed by atoms with Gasteiger partial charge in [0.15, 0.2) is 0 Å². The summed E-state index contributed by atoms with van der Waals surface area (Å²) < 4.78 is 58.5. The molecule has 1 unspecified atom stereocenters. The van der Waals surface area contributed by atoms with Crippen molar-refractivity contribution in [1.82, 2.24) is 4.72 Å². The molecule has 0 amide bonds. The van der Waals surface area contributed by atoms with Crippen LogP contribution in [0.4, 0.5) is 0 Å². The molecule has 120 valence electrons. The van der Waals surface area contributed by atoms with Crippen molar-refractivity contribution in [2.24, 2.45) is 0 Å². The lowest BCUT2D eigenvalue weighted by molar-refractivity contribution is 0.0320. The number of halogens is 1. The summed E-state index contributed by atoms with van der Waals surface area (Å²) in [5.41, 5.74) is 0. The van der Waals surface area contributed by atoms with Crippen LogP contribution in [0.3, 0.4) is 0 Å². The zero-order valence-electron chi connectivity index (χ0n) is 11.4. The van der Waals surface area contributed by atoms with Crippen LogP contribution in [-0.4, -0.2) is 50.3 Å². The summed E-state index contributed by atoms with van der Waals surface area (Å²) in [6, 6.07) is 4.57. The summed E-state index contributed by atoms with van der Waals surface area (Å²) in [5.74, 6) is 0. The predicted octanol–water partition coefficient (Wildman–Crippen LogP) is 0.554. The maximum Gasteiger partial charge on any atom is 0.261 e. The first-order chi connectivity index (χ1) is 9.70. The molecular weight excluding hydrogens is 342 g/mol. The molecule has 0 spiro atoms. The topological polar surface area (TPSA) is 98.8 Å². The van der Waals surface area contributed by atoms with Crippen LogP contribution in [0.1, 0.15) is 0 Å². The van der Waals surface area contributed by atoms with Crippen LogP contribution >= 0.6 is 10.7 Å². The molecule has 21 heavy (non-hydrogen) atoms. The highest BCUT2D eigenvalue weighted by molar-refractivity contribution is 8.13. The molecule has 1 rings (SSSR count). The summed E-state index contributed by atoms with van der Waals surface area (Å²) in [7, 11) is 0.428. The molecule has 0 radical (unpaired) electrons. The van der Waals surface area contributed by atoms with Gasteiger partial charge < -0.3 is 9.47 Å². The number of sulfonamides is 1. The van der Waals surface area contributed by atoms with Gasteiger partial charge in [-0.25, -0.2) is 21.6 Å². The minimum atomic E-state index is -3.88. The van der Waals surface area contributed by atoms with Gasteiger partial charge in [-0.3, -0.25) is 0 Å². The van der Waals surface area contributed by atoms with E-state index in [0.29, 0.717) is 0 Å². The van der Waals surface area contributed by atoms with E-state index in [0.717, 1.165) is 24.3 Å². The minimum Gasteiger partial charge on any atom is -0.382 e. The molecule has 7 nitrogen and oxygen atoms in total. The molecule has 0 aliphatic rings. The van der Waals surface area contributed by atoms with Gasteiger partial charge in [-0.05, 0) is 24.3 Å². The van der Waals surface area contributed by atoms with Crippen LogP contribution in [0.5, 0.6) is 0 Å². The van der Waals surface area contributed by atoms with Crippen molar-refractivity contribution >= 4 is 29.8 Å². The molecule has 0 aromatic heterocycles. The molecule has 1 N–H and O–H groups in total. The van der Waals surface area contributed by atoms with E-state index in [1.165, 1.54) is 14.2 Å². The molecule has 0 saturated heterocycles. The van der Waals surface area contributed by atoms with Gasteiger partial charge in [0.05, 0.1) is 22.5 Å². The van der Waals surface area contributed by atoms with Gasteiger partial charge in [-0.1, -0.05) is 0 Å². The average Bonchev–Trinajstić information content (AvgIpc) is 2.42. The number of ether oxygens (including phenoxy) is 2. The Morgan fingerprint density at radius 3 is 2.05 bits per heavy atom. The largest absolute Gasteiger partial charge is 0.382 e. The molecular formula is C11H16ClNO6S2. The highest BCUT2D eigenvalue weighted by atomic mass is 35.7. The Labute approximate surface area is 128 Å². The fourth-order valence-electron chi connectivity index (χ4n) is 1.46. The van der Waals surface area contributed by atoms with Gasteiger partial charge in [0.2, 0.25) is 10.0 Å². The lowest BCUT2D eigenvalue weighted by Crippen LogP contribution is -2.35. The van der Waals surface area contributed by atoms with Crippen molar-refractivity contribution in [3.8, 4) is 0 Å². The average molecular weight is 358 g/mol. The number of nitrogens with one attached hydrogen (secondary N) is 1. The quantitative estimate of drug-likeness (QED) is 0.682. The summed E-state index contributed by atoms with van der Waals surface area (Å²) in [5, 5.41) is 0.